The number of aryl methyl sites for hydroxylation is 1. The first-order valence-electron chi connectivity index (χ1n) is 7.94. The molecule has 0 amide bonds. The second kappa shape index (κ2) is 6.75. The zero-order valence-corrected chi connectivity index (χ0v) is 14.1. The van der Waals surface area contributed by atoms with E-state index in [1.807, 2.05) is 6.20 Å². The Morgan fingerprint density at radius 3 is 2.71 bits per heavy atom. The maximum atomic E-state index is 6.01. The molecule has 0 bridgehead atoms. The molecular formula is C17H29N3O. The van der Waals surface area contributed by atoms with Crippen molar-refractivity contribution in [2.45, 2.75) is 45.3 Å². The minimum absolute atomic E-state index is 0.0221. The Bertz CT molecular complexity index is 442. The number of ether oxygens (including phenoxy) is 1. The molecule has 1 fully saturated rings. The summed E-state index contributed by atoms with van der Waals surface area (Å²) in [5, 5.41) is 0. The standard InChI is InChI=1S/C17H29N3O/c1-6-7-14-8-9-15(12-18-14)20-10-11-21-16(13-20)17(2,3)19(4)5/h8-9,12,16H,6-7,10-11,13H2,1-5H3. The molecule has 0 radical (unpaired) electrons. The summed E-state index contributed by atoms with van der Waals surface area (Å²) in [7, 11) is 4.23. The Labute approximate surface area is 129 Å². The third kappa shape index (κ3) is 3.74. The zero-order chi connectivity index (χ0) is 15.5. The summed E-state index contributed by atoms with van der Waals surface area (Å²) < 4.78 is 6.01. The van der Waals surface area contributed by atoms with Crippen LogP contribution >= 0.6 is 0 Å². The second-order valence-electron chi connectivity index (χ2n) is 6.61. The van der Waals surface area contributed by atoms with Gasteiger partial charge < -0.3 is 14.5 Å². The summed E-state index contributed by atoms with van der Waals surface area (Å²) in [5.74, 6) is 0. The van der Waals surface area contributed by atoms with Crippen LogP contribution in [0.25, 0.3) is 0 Å². The monoisotopic (exact) mass is 291 g/mol. The van der Waals surface area contributed by atoms with Crippen molar-refractivity contribution in [3.8, 4) is 0 Å². The Hall–Kier alpha value is -1.13. The number of hydrogen-bond acceptors (Lipinski definition) is 4. The molecule has 1 aliphatic heterocycles. The zero-order valence-electron chi connectivity index (χ0n) is 14.1. The van der Waals surface area contributed by atoms with Gasteiger partial charge in [0.05, 0.1) is 24.6 Å². The highest BCUT2D eigenvalue weighted by atomic mass is 16.5. The van der Waals surface area contributed by atoms with Crippen molar-refractivity contribution in [1.29, 1.82) is 0 Å². The summed E-state index contributed by atoms with van der Waals surface area (Å²) in [6, 6.07) is 4.35. The number of nitrogens with zero attached hydrogens (tertiary/aromatic N) is 3. The van der Waals surface area contributed by atoms with Crippen molar-refractivity contribution in [2.75, 3.05) is 38.7 Å². The van der Waals surface area contributed by atoms with Gasteiger partial charge in [0, 0.05) is 24.3 Å². The van der Waals surface area contributed by atoms with Gasteiger partial charge in [-0.2, -0.15) is 0 Å². The minimum atomic E-state index is 0.0221. The average Bonchev–Trinajstić information content (AvgIpc) is 2.48. The number of pyridine rings is 1. The van der Waals surface area contributed by atoms with E-state index in [1.54, 1.807) is 0 Å². The van der Waals surface area contributed by atoms with Gasteiger partial charge in [0.2, 0.25) is 0 Å². The first-order valence-corrected chi connectivity index (χ1v) is 7.94. The summed E-state index contributed by atoms with van der Waals surface area (Å²) in [6.07, 6.45) is 4.41. The van der Waals surface area contributed by atoms with E-state index in [0.29, 0.717) is 0 Å². The lowest BCUT2D eigenvalue weighted by atomic mass is 9.94. The normalized spacial score (nSPS) is 20.1. The number of morpholine rings is 1. The second-order valence-corrected chi connectivity index (χ2v) is 6.61. The van der Waals surface area contributed by atoms with Crippen molar-refractivity contribution in [3.63, 3.8) is 0 Å². The van der Waals surface area contributed by atoms with E-state index in [1.165, 1.54) is 11.4 Å². The first kappa shape index (κ1) is 16.2. The fourth-order valence-electron chi connectivity index (χ4n) is 2.61. The summed E-state index contributed by atoms with van der Waals surface area (Å²) >= 11 is 0. The molecule has 2 heterocycles. The lowest BCUT2D eigenvalue weighted by Crippen LogP contribution is -2.57. The molecule has 1 saturated heterocycles. The number of likely N-dealkylation sites (N-methyl/N-ethyl adjacent to an activating group) is 1. The van der Waals surface area contributed by atoms with Crippen molar-refractivity contribution in [1.82, 2.24) is 9.88 Å². The maximum Gasteiger partial charge on any atom is 0.0928 e. The first-order chi connectivity index (χ1) is 9.95. The average molecular weight is 291 g/mol. The lowest BCUT2D eigenvalue weighted by Gasteiger charge is -2.45. The molecule has 1 unspecified atom stereocenters. The number of rotatable bonds is 5. The molecule has 0 N–H and O–H groups in total. The molecule has 4 nitrogen and oxygen atoms in total. The van der Waals surface area contributed by atoms with E-state index < -0.39 is 0 Å². The quantitative estimate of drug-likeness (QED) is 0.834. The van der Waals surface area contributed by atoms with Crippen LogP contribution < -0.4 is 4.90 Å². The van der Waals surface area contributed by atoms with E-state index in [2.05, 4.69) is 61.8 Å². The van der Waals surface area contributed by atoms with Crippen molar-refractivity contribution in [2.24, 2.45) is 0 Å². The SMILES string of the molecule is CCCc1ccc(N2CCOC(C(C)(C)N(C)C)C2)cn1. The van der Waals surface area contributed by atoms with Gasteiger partial charge in [-0.15, -0.1) is 0 Å². The van der Waals surface area contributed by atoms with Crippen molar-refractivity contribution >= 4 is 5.69 Å². The molecule has 4 heteroatoms. The number of anilines is 1. The molecule has 1 aromatic heterocycles. The highest BCUT2D eigenvalue weighted by molar-refractivity contribution is 5.45. The lowest BCUT2D eigenvalue weighted by molar-refractivity contribution is -0.0484. The van der Waals surface area contributed by atoms with Crippen LogP contribution in [-0.2, 0) is 11.2 Å². The molecule has 21 heavy (non-hydrogen) atoms. The molecule has 0 saturated carbocycles. The Morgan fingerprint density at radius 1 is 1.38 bits per heavy atom. The molecule has 1 aromatic rings. The van der Waals surface area contributed by atoms with Gasteiger partial charge >= 0.3 is 0 Å². The summed E-state index contributed by atoms with van der Waals surface area (Å²) in [5.41, 5.74) is 2.41. The maximum absolute atomic E-state index is 6.01. The molecule has 118 valence electrons. The highest BCUT2D eigenvalue weighted by Gasteiger charge is 2.36. The summed E-state index contributed by atoms with van der Waals surface area (Å²) in [6.45, 7) is 9.30. The summed E-state index contributed by atoms with van der Waals surface area (Å²) in [4.78, 5) is 9.20. The van der Waals surface area contributed by atoms with Gasteiger partial charge in [-0.3, -0.25) is 4.98 Å². The number of aromatic nitrogens is 1. The highest BCUT2D eigenvalue weighted by Crippen LogP contribution is 2.25. The minimum Gasteiger partial charge on any atom is -0.373 e. The smallest absolute Gasteiger partial charge is 0.0928 e. The van der Waals surface area contributed by atoms with E-state index in [-0.39, 0.29) is 11.6 Å². The molecule has 0 aromatic carbocycles. The van der Waals surface area contributed by atoms with Crippen LogP contribution in [0.1, 0.15) is 32.9 Å². The Kier molecular flexibility index (Phi) is 5.22. The van der Waals surface area contributed by atoms with Crippen LogP contribution in [0, 0.1) is 0 Å². The van der Waals surface area contributed by atoms with Gasteiger partial charge in [-0.25, -0.2) is 0 Å². The predicted octanol–water partition coefficient (Wildman–Crippen LogP) is 2.58. The third-order valence-electron chi connectivity index (χ3n) is 4.69. The van der Waals surface area contributed by atoms with Crippen LogP contribution in [0.5, 0.6) is 0 Å². The van der Waals surface area contributed by atoms with E-state index in [4.69, 9.17) is 4.74 Å². The topological polar surface area (TPSA) is 28.6 Å². The van der Waals surface area contributed by atoms with Crippen LogP contribution in [0.2, 0.25) is 0 Å². The van der Waals surface area contributed by atoms with E-state index in [9.17, 15) is 0 Å². The molecule has 2 rings (SSSR count). The fourth-order valence-corrected chi connectivity index (χ4v) is 2.61. The predicted molar refractivity (Wildman–Crippen MR) is 88.0 cm³/mol. The van der Waals surface area contributed by atoms with E-state index in [0.717, 1.165) is 32.5 Å². The fraction of sp³-hybridized carbons (Fsp3) is 0.706. The molecule has 1 aliphatic rings. The molecular weight excluding hydrogens is 262 g/mol. The van der Waals surface area contributed by atoms with Crippen LogP contribution in [-0.4, -0.2) is 55.3 Å². The number of hydrogen-bond donors (Lipinski definition) is 0. The van der Waals surface area contributed by atoms with Crippen LogP contribution in [0.4, 0.5) is 5.69 Å². The van der Waals surface area contributed by atoms with Crippen molar-refractivity contribution in [3.05, 3.63) is 24.0 Å². The third-order valence-corrected chi connectivity index (χ3v) is 4.69. The van der Waals surface area contributed by atoms with Crippen LogP contribution in [0.3, 0.4) is 0 Å². The Morgan fingerprint density at radius 2 is 2.14 bits per heavy atom. The largest absolute Gasteiger partial charge is 0.373 e. The molecule has 0 aliphatic carbocycles. The molecule has 1 atom stereocenters. The van der Waals surface area contributed by atoms with Gasteiger partial charge in [0.25, 0.3) is 0 Å². The van der Waals surface area contributed by atoms with Crippen molar-refractivity contribution < 1.29 is 4.74 Å². The van der Waals surface area contributed by atoms with Gasteiger partial charge in [0.15, 0.2) is 0 Å². The van der Waals surface area contributed by atoms with Gasteiger partial charge in [-0.05, 0) is 46.5 Å². The van der Waals surface area contributed by atoms with Gasteiger partial charge in [-0.1, -0.05) is 13.3 Å². The Balaban J connectivity index is 2.07. The van der Waals surface area contributed by atoms with Crippen LogP contribution in [0.15, 0.2) is 18.3 Å². The van der Waals surface area contributed by atoms with Gasteiger partial charge in [0.1, 0.15) is 0 Å². The molecule has 0 spiro atoms. The van der Waals surface area contributed by atoms with E-state index >= 15 is 0 Å².